The van der Waals surface area contributed by atoms with Crippen LogP contribution in [0.5, 0.6) is 11.5 Å². The number of hydrogen-bond donors (Lipinski definition) is 2. The number of ether oxygens (including phenoxy) is 1. The number of nitrogens with one attached hydrogen (secondary N) is 1. The maximum Gasteiger partial charge on any atom is 0.251 e. The highest BCUT2D eigenvalue weighted by molar-refractivity contribution is 5.69. The maximum absolute atomic E-state index is 14.1. The third-order valence-electron chi connectivity index (χ3n) is 4.67. The Labute approximate surface area is 169 Å². The molecule has 0 radical (unpaired) electrons. The smallest absolute Gasteiger partial charge is 0.251 e. The third kappa shape index (κ3) is 3.30. The summed E-state index contributed by atoms with van der Waals surface area (Å²) in [6.45, 7) is 1.30. The van der Waals surface area contributed by atoms with Crippen molar-refractivity contribution >= 4 is 17.2 Å². The second-order valence-corrected chi connectivity index (χ2v) is 6.77. The quantitative estimate of drug-likeness (QED) is 0.507. The Kier molecular flexibility index (Phi) is 4.27. The highest BCUT2D eigenvalue weighted by Crippen LogP contribution is 2.38. The van der Waals surface area contributed by atoms with Gasteiger partial charge in [0.1, 0.15) is 11.6 Å². The Hall–Kier alpha value is -4.01. The number of nitrogen functional groups attached to an aromatic ring is 1. The fourth-order valence-corrected chi connectivity index (χ4v) is 3.34. The Morgan fingerprint density at radius 1 is 1.10 bits per heavy atom. The van der Waals surface area contributed by atoms with Crippen LogP contribution in [0.15, 0.2) is 59.7 Å². The first-order valence-electron chi connectivity index (χ1n) is 9.24. The van der Waals surface area contributed by atoms with E-state index in [1.54, 1.807) is 24.4 Å². The molecule has 30 heavy (non-hydrogen) atoms. The number of anilines is 2. The lowest BCUT2D eigenvalue weighted by atomic mass is 10.2. The molecule has 9 heteroatoms. The first kappa shape index (κ1) is 18.0. The van der Waals surface area contributed by atoms with E-state index in [0.717, 1.165) is 12.1 Å². The summed E-state index contributed by atoms with van der Waals surface area (Å²) in [4.78, 5) is 13.3. The summed E-state index contributed by atoms with van der Waals surface area (Å²) in [5.74, 6) is 0.204. The van der Waals surface area contributed by atoms with E-state index in [9.17, 15) is 8.78 Å². The zero-order chi connectivity index (χ0) is 20.7. The molecule has 150 valence electrons. The Balaban J connectivity index is 1.60. The number of hydrogen-bond acceptors (Lipinski definition) is 6. The molecule has 0 saturated heterocycles. The van der Waals surface area contributed by atoms with Gasteiger partial charge in [0.25, 0.3) is 5.62 Å². The van der Waals surface area contributed by atoms with Crippen molar-refractivity contribution in [1.82, 2.24) is 14.5 Å². The molecular formula is C21H16F2N6O. The molecule has 3 aliphatic rings. The van der Waals surface area contributed by atoms with E-state index >= 15 is 0 Å². The molecule has 0 atom stereocenters. The summed E-state index contributed by atoms with van der Waals surface area (Å²) >= 11 is 0. The van der Waals surface area contributed by atoms with Crippen LogP contribution in [0.2, 0.25) is 0 Å². The van der Waals surface area contributed by atoms with Gasteiger partial charge in [0.15, 0.2) is 23.1 Å². The molecule has 0 unspecified atom stereocenters. The van der Waals surface area contributed by atoms with Crippen molar-refractivity contribution in [3.63, 3.8) is 0 Å². The number of rotatable bonds is 3. The van der Waals surface area contributed by atoms with E-state index in [1.165, 1.54) is 6.07 Å². The first-order valence-corrected chi connectivity index (χ1v) is 9.24. The standard InChI is InChI=1S/C21H16F2N6O/c22-13-4-5-17(16(23)9-13)30-18-8-12-11-26-21(27-15-3-1-2-14(24)10-15)28-19(12)29-7-6-25-20(18)29/h1-5,8-11,25H,6-7,24H2. The maximum atomic E-state index is 14.1. The van der Waals surface area contributed by atoms with Crippen molar-refractivity contribution in [1.29, 1.82) is 0 Å². The molecule has 3 N–H and O–H groups in total. The topological polar surface area (TPSA) is 90.4 Å². The zero-order valence-corrected chi connectivity index (χ0v) is 15.6. The van der Waals surface area contributed by atoms with E-state index < -0.39 is 11.6 Å². The summed E-state index contributed by atoms with van der Waals surface area (Å²) in [5, 5.41) is 3.22. The first-order chi connectivity index (χ1) is 14.6. The summed E-state index contributed by atoms with van der Waals surface area (Å²) in [5.41, 5.74) is 8.06. The number of nitrogens with two attached hydrogens (primary N) is 1. The predicted octanol–water partition coefficient (Wildman–Crippen LogP) is 3.69. The highest BCUT2D eigenvalue weighted by Gasteiger charge is 2.23. The minimum absolute atomic E-state index is 0.0681. The average Bonchev–Trinajstić information content (AvgIpc) is 3.21. The number of nitrogens with zero attached hydrogens (tertiary/aromatic N) is 4. The fourth-order valence-electron chi connectivity index (χ4n) is 3.34. The van der Waals surface area contributed by atoms with Crippen molar-refractivity contribution < 1.29 is 13.5 Å². The lowest BCUT2D eigenvalue weighted by molar-refractivity contribution is 0.436. The van der Waals surface area contributed by atoms with Crippen LogP contribution in [-0.4, -0.2) is 21.1 Å². The van der Waals surface area contributed by atoms with Crippen molar-refractivity contribution in [2.24, 2.45) is 4.99 Å². The second-order valence-electron chi connectivity index (χ2n) is 6.77. The van der Waals surface area contributed by atoms with Crippen molar-refractivity contribution in [2.45, 2.75) is 6.54 Å². The Morgan fingerprint density at radius 2 is 2.00 bits per heavy atom. The van der Waals surface area contributed by atoms with Gasteiger partial charge in [-0.1, -0.05) is 6.07 Å². The minimum Gasteiger partial charge on any atom is -0.450 e. The number of aromatic nitrogens is 3. The van der Waals surface area contributed by atoms with Crippen molar-refractivity contribution in [3.05, 3.63) is 72.0 Å². The van der Waals surface area contributed by atoms with Gasteiger partial charge in [-0.15, -0.1) is 0 Å². The largest absolute Gasteiger partial charge is 0.450 e. The Morgan fingerprint density at radius 3 is 2.83 bits per heavy atom. The lowest BCUT2D eigenvalue weighted by Gasteiger charge is -2.17. The molecular weight excluding hydrogens is 390 g/mol. The summed E-state index contributed by atoms with van der Waals surface area (Å²) in [7, 11) is 0. The monoisotopic (exact) mass is 406 g/mol. The number of pyridine rings is 1. The van der Waals surface area contributed by atoms with Gasteiger partial charge >= 0.3 is 0 Å². The molecule has 7 nitrogen and oxygen atoms in total. The molecule has 3 aliphatic heterocycles. The molecule has 0 spiro atoms. The second kappa shape index (κ2) is 7.11. The van der Waals surface area contributed by atoms with E-state index in [1.807, 2.05) is 16.7 Å². The van der Waals surface area contributed by atoms with E-state index in [2.05, 4.69) is 20.3 Å². The molecule has 0 aromatic heterocycles. The van der Waals surface area contributed by atoms with Crippen LogP contribution in [0.1, 0.15) is 0 Å². The van der Waals surface area contributed by atoms with Crippen LogP contribution < -0.4 is 21.4 Å². The molecule has 0 saturated carbocycles. The van der Waals surface area contributed by atoms with Crippen LogP contribution in [0.25, 0.3) is 11.4 Å². The molecule has 2 aromatic carbocycles. The predicted molar refractivity (Wildman–Crippen MR) is 108 cm³/mol. The molecule has 0 amide bonds. The van der Waals surface area contributed by atoms with Gasteiger partial charge in [-0.05, 0) is 36.4 Å². The average molecular weight is 406 g/mol. The number of fused-ring (bicyclic) bond motifs is 3. The SMILES string of the molecule is Nc1cccc(N=c2ncc3cc(Oc4ccc(F)cc4F)c4n(c-3n2)CCN4)c1. The van der Waals surface area contributed by atoms with Crippen LogP contribution in [0.4, 0.5) is 26.0 Å². The van der Waals surface area contributed by atoms with Crippen molar-refractivity contribution in [3.8, 4) is 22.9 Å². The van der Waals surface area contributed by atoms with Gasteiger partial charge in [0.05, 0.1) is 5.69 Å². The molecule has 2 aromatic rings. The van der Waals surface area contributed by atoms with Gasteiger partial charge in [-0.25, -0.2) is 18.8 Å². The Bertz CT molecular complexity index is 1300. The lowest BCUT2D eigenvalue weighted by Crippen LogP contribution is -2.17. The van der Waals surface area contributed by atoms with Crippen LogP contribution in [0, 0.1) is 11.6 Å². The molecule has 0 aliphatic carbocycles. The van der Waals surface area contributed by atoms with Crippen LogP contribution >= 0.6 is 0 Å². The molecule has 0 bridgehead atoms. The van der Waals surface area contributed by atoms with Gasteiger partial charge in [-0.2, -0.15) is 4.98 Å². The van der Waals surface area contributed by atoms with Gasteiger partial charge in [0.2, 0.25) is 0 Å². The van der Waals surface area contributed by atoms with Gasteiger partial charge in [0, 0.05) is 36.6 Å². The minimum atomic E-state index is -0.778. The van der Waals surface area contributed by atoms with E-state index in [4.69, 9.17) is 10.5 Å². The van der Waals surface area contributed by atoms with E-state index in [0.29, 0.717) is 53.0 Å². The zero-order valence-electron chi connectivity index (χ0n) is 15.6. The number of benzene rings is 2. The fraction of sp³-hybridized carbons (Fsp3) is 0.0952. The summed E-state index contributed by atoms with van der Waals surface area (Å²) in [6.07, 6.45) is 1.63. The van der Waals surface area contributed by atoms with Gasteiger partial charge in [-0.3, -0.25) is 0 Å². The number of halogens is 2. The van der Waals surface area contributed by atoms with E-state index in [-0.39, 0.29) is 5.75 Å². The third-order valence-corrected chi connectivity index (χ3v) is 4.67. The van der Waals surface area contributed by atoms with Gasteiger partial charge < -0.3 is 20.4 Å². The van der Waals surface area contributed by atoms with Crippen molar-refractivity contribution in [2.75, 3.05) is 17.6 Å². The summed E-state index contributed by atoms with van der Waals surface area (Å²) < 4.78 is 34.9. The van der Waals surface area contributed by atoms with Crippen LogP contribution in [-0.2, 0) is 6.54 Å². The highest BCUT2D eigenvalue weighted by atomic mass is 19.1. The molecule has 3 heterocycles. The normalized spacial score (nSPS) is 13.3. The molecule has 0 fully saturated rings. The summed E-state index contributed by atoms with van der Waals surface area (Å²) in [6, 6.07) is 12.0. The molecule has 5 rings (SSSR count). The van der Waals surface area contributed by atoms with Crippen LogP contribution in [0.3, 0.4) is 0 Å².